The molecule has 5 heteroatoms. The molecule has 96 valence electrons. The van der Waals surface area contributed by atoms with Crippen LogP contribution < -0.4 is 22.5 Å². The summed E-state index contributed by atoms with van der Waals surface area (Å²) in [4.78, 5) is 4.05. The van der Waals surface area contributed by atoms with Gasteiger partial charge in [0.1, 0.15) is 0 Å². The quantitative estimate of drug-likeness (QED) is 0.302. The van der Waals surface area contributed by atoms with Gasteiger partial charge in [0, 0.05) is 23.5 Å². The third-order valence-corrected chi connectivity index (χ3v) is 3.14. The van der Waals surface area contributed by atoms with Crippen molar-refractivity contribution in [3.63, 3.8) is 0 Å². The number of nitrogens with two attached hydrogens (primary N) is 3. The zero-order valence-corrected chi connectivity index (χ0v) is 10.4. The number of hydrogen-bond acceptors (Lipinski definition) is 3. The zero-order valence-electron chi connectivity index (χ0n) is 10.4. The minimum atomic E-state index is 0.0559. The first-order chi connectivity index (χ1) is 9.11. The summed E-state index contributed by atoms with van der Waals surface area (Å²) in [7, 11) is 0. The lowest BCUT2D eigenvalue weighted by Gasteiger charge is -2.22. The number of rotatable bonds is 1. The molecule has 0 aromatic heterocycles. The number of nitrogens with one attached hydrogen (secondary N) is 1. The molecule has 0 unspecified atom stereocenters. The van der Waals surface area contributed by atoms with Gasteiger partial charge >= 0.3 is 0 Å². The molecule has 0 aliphatic carbocycles. The van der Waals surface area contributed by atoms with Crippen molar-refractivity contribution in [3.05, 3.63) is 47.5 Å². The lowest BCUT2D eigenvalue weighted by atomic mass is 9.97. The summed E-state index contributed by atoms with van der Waals surface area (Å²) in [6.45, 7) is 0. The van der Waals surface area contributed by atoms with E-state index in [9.17, 15) is 0 Å². The Labute approximate surface area is 111 Å². The molecule has 19 heavy (non-hydrogen) atoms. The van der Waals surface area contributed by atoms with Crippen molar-refractivity contribution in [1.82, 2.24) is 0 Å². The first kappa shape index (κ1) is 11.4. The van der Waals surface area contributed by atoms with E-state index in [1.165, 1.54) is 11.1 Å². The molecule has 0 saturated heterocycles. The van der Waals surface area contributed by atoms with Gasteiger partial charge in [-0.05, 0) is 35.4 Å². The second kappa shape index (κ2) is 4.20. The molecule has 2 aromatic rings. The highest BCUT2D eigenvalue weighted by molar-refractivity contribution is 5.81. The molecule has 1 aliphatic rings. The predicted octanol–water partition coefficient (Wildman–Crippen LogP) is 1.82. The zero-order chi connectivity index (χ0) is 13.4. The minimum absolute atomic E-state index is 0.0559. The van der Waals surface area contributed by atoms with Gasteiger partial charge < -0.3 is 22.5 Å². The first-order valence-electron chi connectivity index (χ1n) is 6.00. The van der Waals surface area contributed by atoms with E-state index in [0.717, 1.165) is 29.2 Å². The largest absolute Gasteiger partial charge is 0.399 e. The maximum Gasteiger partial charge on any atom is 0.191 e. The number of aliphatic imine (C=N–C) groups is 1. The van der Waals surface area contributed by atoms with Crippen LogP contribution in [0.4, 0.5) is 22.7 Å². The van der Waals surface area contributed by atoms with E-state index >= 15 is 0 Å². The molecular formula is C14H15N5. The lowest BCUT2D eigenvalue weighted by Crippen LogP contribution is -2.21. The molecule has 2 aromatic carbocycles. The van der Waals surface area contributed by atoms with Crippen LogP contribution in [0, 0.1) is 0 Å². The van der Waals surface area contributed by atoms with E-state index < -0.39 is 0 Å². The van der Waals surface area contributed by atoms with Gasteiger partial charge in [-0.1, -0.05) is 12.1 Å². The minimum Gasteiger partial charge on any atom is -0.399 e. The fourth-order valence-corrected chi connectivity index (χ4v) is 2.27. The summed E-state index contributed by atoms with van der Waals surface area (Å²) >= 11 is 0. The van der Waals surface area contributed by atoms with Crippen molar-refractivity contribution in [2.75, 3.05) is 11.1 Å². The van der Waals surface area contributed by atoms with Crippen LogP contribution in [0.15, 0.2) is 41.4 Å². The highest BCUT2D eigenvalue weighted by atomic mass is 15.0. The van der Waals surface area contributed by atoms with Gasteiger partial charge in [0.15, 0.2) is 5.96 Å². The Morgan fingerprint density at radius 1 is 1.00 bits per heavy atom. The van der Waals surface area contributed by atoms with E-state index in [2.05, 4.69) is 10.3 Å². The maximum absolute atomic E-state index is 5.80. The van der Waals surface area contributed by atoms with Crippen LogP contribution in [0.1, 0.15) is 11.1 Å². The van der Waals surface area contributed by atoms with E-state index in [4.69, 9.17) is 17.2 Å². The van der Waals surface area contributed by atoms with Gasteiger partial charge in [0.05, 0.1) is 5.69 Å². The highest BCUT2D eigenvalue weighted by Gasteiger charge is 2.15. The maximum atomic E-state index is 5.80. The summed E-state index contributed by atoms with van der Waals surface area (Å²) < 4.78 is 0. The van der Waals surface area contributed by atoms with Crippen molar-refractivity contribution < 1.29 is 0 Å². The van der Waals surface area contributed by atoms with E-state index in [1.807, 2.05) is 36.4 Å². The molecule has 0 saturated carbocycles. The Morgan fingerprint density at radius 3 is 2.42 bits per heavy atom. The van der Waals surface area contributed by atoms with Crippen LogP contribution in [0.25, 0.3) is 0 Å². The average molecular weight is 253 g/mol. The second-order valence-corrected chi connectivity index (χ2v) is 4.60. The van der Waals surface area contributed by atoms with E-state index in [1.54, 1.807) is 0 Å². The predicted molar refractivity (Wildman–Crippen MR) is 78.9 cm³/mol. The van der Waals surface area contributed by atoms with Crippen molar-refractivity contribution in [3.8, 4) is 0 Å². The number of benzene rings is 2. The molecule has 5 nitrogen and oxygen atoms in total. The molecular weight excluding hydrogens is 238 g/mol. The Bertz CT molecular complexity index is 672. The standard InChI is InChI=1S/C14H15N5/c15-10-3-1-8-5-9-2-4-11(18-14(16)17)7-13(9)19-12(8)6-10/h1-4,6-7,19H,5,15H2,(H4,16,17,18). The number of nitrogen functional groups attached to an aromatic ring is 1. The summed E-state index contributed by atoms with van der Waals surface area (Å²) in [5, 5.41) is 3.36. The summed E-state index contributed by atoms with van der Waals surface area (Å²) in [6.07, 6.45) is 0.875. The van der Waals surface area contributed by atoms with Crippen LogP contribution in [0.2, 0.25) is 0 Å². The summed E-state index contributed by atoms with van der Waals surface area (Å²) in [6, 6.07) is 11.8. The number of anilines is 3. The summed E-state index contributed by atoms with van der Waals surface area (Å²) in [5.41, 5.74) is 22.6. The van der Waals surface area contributed by atoms with Crippen LogP contribution in [-0.2, 0) is 6.42 Å². The Balaban J connectivity index is 2.01. The normalized spacial score (nSPS) is 12.0. The van der Waals surface area contributed by atoms with Crippen LogP contribution in [-0.4, -0.2) is 5.96 Å². The smallest absolute Gasteiger partial charge is 0.191 e. The van der Waals surface area contributed by atoms with Gasteiger partial charge in [-0.3, -0.25) is 0 Å². The number of nitrogens with zero attached hydrogens (tertiary/aromatic N) is 1. The number of guanidine groups is 1. The Morgan fingerprint density at radius 2 is 1.68 bits per heavy atom. The molecule has 1 heterocycles. The molecule has 0 spiro atoms. The lowest BCUT2D eigenvalue weighted by molar-refractivity contribution is 1.16. The van der Waals surface area contributed by atoms with Crippen molar-refractivity contribution in [1.29, 1.82) is 0 Å². The van der Waals surface area contributed by atoms with Crippen molar-refractivity contribution in [2.45, 2.75) is 6.42 Å². The van der Waals surface area contributed by atoms with Gasteiger partial charge in [-0.25, -0.2) is 4.99 Å². The Hall–Kier alpha value is -2.69. The van der Waals surface area contributed by atoms with Crippen LogP contribution in [0.3, 0.4) is 0 Å². The molecule has 0 amide bonds. The Kier molecular flexibility index (Phi) is 2.52. The van der Waals surface area contributed by atoms with Gasteiger partial charge in [-0.15, -0.1) is 0 Å². The first-order valence-corrected chi connectivity index (χ1v) is 6.00. The molecule has 7 N–H and O–H groups in total. The van der Waals surface area contributed by atoms with Gasteiger partial charge in [0.2, 0.25) is 0 Å². The van der Waals surface area contributed by atoms with Gasteiger partial charge in [0.25, 0.3) is 0 Å². The second-order valence-electron chi connectivity index (χ2n) is 4.60. The van der Waals surface area contributed by atoms with Crippen LogP contribution >= 0.6 is 0 Å². The topological polar surface area (TPSA) is 102 Å². The fraction of sp³-hybridized carbons (Fsp3) is 0.0714. The molecule has 0 radical (unpaired) electrons. The highest BCUT2D eigenvalue weighted by Crippen LogP contribution is 2.35. The molecule has 0 fully saturated rings. The fourth-order valence-electron chi connectivity index (χ4n) is 2.27. The molecule has 0 bridgehead atoms. The average Bonchev–Trinajstić information content (AvgIpc) is 2.35. The molecule has 0 atom stereocenters. The van der Waals surface area contributed by atoms with Crippen molar-refractivity contribution in [2.24, 2.45) is 16.5 Å². The molecule has 3 rings (SSSR count). The van der Waals surface area contributed by atoms with Crippen molar-refractivity contribution >= 4 is 28.7 Å². The van der Waals surface area contributed by atoms with E-state index in [0.29, 0.717) is 0 Å². The SMILES string of the molecule is NC(N)=Nc1ccc2c(c1)Nc1cc(N)ccc1C2. The third-order valence-electron chi connectivity index (χ3n) is 3.14. The van der Waals surface area contributed by atoms with E-state index in [-0.39, 0.29) is 5.96 Å². The van der Waals surface area contributed by atoms with Gasteiger partial charge in [-0.2, -0.15) is 0 Å². The number of fused-ring (bicyclic) bond motifs is 2. The van der Waals surface area contributed by atoms with Crippen LogP contribution in [0.5, 0.6) is 0 Å². The number of hydrogen-bond donors (Lipinski definition) is 4. The molecule has 1 aliphatic heterocycles. The third kappa shape index (κ3) is 2.18. The monoisotopic (exact) mass is 253 g/mol. The summed E-state index contributed by atoms with van der Waals surface area (Å²) in [5.74, 6) is 0.0559.